The molecular weight excluding hydrogens is 296 g/mol. The Labute approximate surface area is 143 Å². The van der Waals surface area contributed by atoms with Gasteiger partial charge in [0.2, 0.25) is 0 Å². The summed E-state index contributed by atoms with van der Waals surface area (Å²) in [7, 11) is 0. The topological polar surface area (TPSA) is 37.8 Å². The molecule has 0 radical (unpaired) electrons. The Bertz CT molecular complexity index is 922. The minimum atomic E-state index is -0.248. The molecule has 0 saturated carbocycles. The Morgan fingerprint density at radius 3 is 2.12 bits per heavy atom. The highest BCUT2D eigenvalue weighted by Gasteiger charge is 2.27. The first kappa shape index (κ1) is 16.3. The number of rotatable bonds is 2. The zero-order valence-electron chi connectivity index (χ0n) is 15.0. The van der Waals surface area contributed by atoms with Gasteiger partial charge in [0.1, 0.15) is 0 Å². The molecule has 124 valence electrons. The Balaban J connectivity index is 2.30. The molecule has 24 heavy (non-hydrogen) atoms. The van der Waals surface area contributed by atoms with Crippen molar-refractivity contribution in [3.05, 3.63) is 75.6 Å². The van der Waals surface area contributed by atoms with Gasteiger partial charge in [-0.15, -0.1) is 0 Å². The van der Waals surface area contributed by atoms with Crippen molar-refractivity contribution >= 4 is 0 Å². The van der Waals surface area contributed by atoms with E-state index in [0.717, 1.165) is 28.1 Å². The van der Waals surface area contributed by atoms with Crippen LogP contribution in [0.2, 0.25) is 0 Å². The van der Waals surface area contributed by atoms with E-state index in [1.54, 1.807) is 4.68 Å². The molecular formula is C21H24N2O. The molecule has 1 heterocycles. The summed E-state index contributed by atoms with van der Waals surface area (Å²) in [4.78, 5) is 13.2. The predicted octanol–water partition coefficient (Wildman–Crippen LogP) is 4.75. The molecule has 1 N–H and O–H groups in total. The number of aromatic nitrogens is 2. The lowest BCUT2D eigenvalue weighted by Gasteiger charge is -2.17. The highest BCUT2D eigenvalue weighted by atomic mass is 16.1. The van der Waals surface area contributed by atoms with Gasteiger partial charge in [0.25, 0.3) is 5.56 Å². The summed E-state index contributed by atoms with van der Waals surface area (Å²) in [6.45, 7) is 10.3. The van der Waals surface area contributed by atoms with E-state index in [2.05, 4.69) is 57.1 Å². The molecule has 0 unspecified atom stereocenters. The second-order valence-electron chi connectivity index (χ2n) is 7.40. The fraction of sp³-hybridized carbons (Fsp3) is 0.286. The fourth-order valence-corrected chi connectivity index (χ4v) is 3.05. The lowest BCUT2D eigenvalue weighted by atomic mass is 9.85. The number of H-pyrrole nitrogens is 1. The first-order chi connectivity index (χ1) is 11.3. The number of nitrogens with one attached hydrogen (secondary N) is 1. The van der Waals surface area contributed by atoms with Crippen molar-refractivity contribution in [2.24, 2.45) is 0 Å². The molecule has 2 aromatic carbocycles. The van der Waals surface area contributed by atoms with Crippen LogP contribution in [0.25, 0.3) is 16.9 Å². The molecule has 0 aliphatic rings. The second-order valence-corrected chi connectivity index (χ2v) is 7.40. The Kier molecular flexibility index (Phi) is 3.96. The molecule has 0 bridgehead atoms. The highest BCUT2D eigenvalue weighted by Crippen LogP contribution is 2.30. The van der Waals surface area contributed by atoms with Gasteiger partial charge in [0.05, 0.1) is 16.9 Å². The SMILES string of the molecule is Cc1ccc(-c2[nH]n(-c3ccccc3C)c(=O)c2C(C)(C)C)cc1. The summed E-state index contributed by atoms with van der Waals surface area (Å²) >= 11 is 0. The van der Waals surface area contributed by atoms with Crippen LogP contribution >= 0.6 is 0 Å². The van der Waals surface area contributed by atoms with Gasteiger partial charge in [-0.05, 0) is 36.5 Å². The van der Waals surface area contributed by atoms with Crippen LogP contribution in [-0.4, -0.2) is 9.78 Å². The van der Waals surface area contributed by atoms with Gasteiger partial charge in [0, 0.05) is 0 Å². The van der Waals surface area contributed by atoms with Crippen LogP contribution in [-0.2, 0) is 5.41 Å². The molecule has 0 spiro atoms. The minimum absolute atomic E-state index is 0.0207. The first-order valence-corrected chi connectivity index (χ1v) is 8.27. The number of nitrogens with zero attached hydrogens (tertiary/aromatic N) is 1. The molecule has 0 fully saturated rings. The molecule has 0 aliphatic heterocycles. The number of hydrogen-bond acceptors (Lipinski definition) is 1. The van der Waals surface area contributed by atoms with Gasteiger partial charge < -0.3 is 0 Å². The van der Waals surface area contributed by atoms with Crippen LogP contribution in [0.3, 0.4) is 0 Å². The third kappa shape index (κ3) is 2.82. The Morgan fingerprint density at radius 1 is 0.917 bits per heavy atom. The van der Waals surface area contributed by atoms with E-state index < -0.39 is 0 Å². The smallest absolute Gasteiger partial charge is 0.275 e. The molecule has 3 aromatic rings. The molecule has 0 saturated heterocycles. The van der Waals surface area contributed by atoms with E-state index in [1.807, 2.05) is 31.2 Å². The molecule has 3 nitrogen and oxygen atoms in total. The number of aromatic amines is 1. The zero-order chi connectivity index (χ0) is 17.5. The van der Waals surface area contributed by atoms with Crippen molar-refractivity contribution in [3.63, 3.8) is 0 Å². The van der Waals surface area contributed by atoms with Gasteiger partial charge in [-0.2, -0.15) is 0 Å². The largest absolute Gasteiger partial charge is 0.290 e. The fourth-order valence-electron chi connectivity index (χ4n) is 3.05. The van der Waals surface area contributed by atoms with E-state index in [1.165, 1.54) is 5.56 Å². The Hall–Kier alpha value is -2.55. The number of hydrogen-bond donors (Lipinski definition) is 1. The van der Waals surface area contributed by atoms with Crippen LogP contribution in [0.4, 0.5) is 0 Å². The third-order valence-electron chi connectivity index (χ3n) is 4.34. The van der Waals surface area contributed by atoms with E-state index in [9.17, 15) is 4.79 Å². The molecule has 3 rings (SSSR count). The summed E-state index contributed by atoms with van der Waals surface area (Å²) in [5.74, 6) is 0. The Morgan fingerprint density at radius 2 is 1.54 bits per heavy atom. The second kappa shape index (κ2) is 5.82. The van der Waals surface area contributed by atoms with Gasteiger partial charge >= 0.3 is 0 Å². The van der Waals surface area contributed by atoms with Crippen LogP contribution in [0.15, 0.2) is 53.3 Å². The number of para-hydroxylation sites is 1. The quantitative estimate of drug-likeness (QED) is 0.727. The maximum absolute atomic E-state index is 13.2. The van der Waals surface area contributed by atoms with Crippen molar-refractivity contribution in [2.45, 2.75) is 40.0 Å². The highest BCUT2D eigenvalue weighted by molar-refractivity contribution is 5.65. The summed E-state index contributed by atoms with van der Waals surface area (Å²) in [6.07, 6.45) is 0. The van der Waals surface area contributed by atoms with Crippen molar-refractivity contribution in [3.8, 4) is 16.9 Å². The maximum Gasteiger partial charge on any atom is 0.275 e. The summed E-state index contributed by atoms with van der Waals surface area (Å²) < 4.78 is 1.67. The summed E-state index contributed by atoms with van der Waals surface area (Å²) in [5.41, 5.74) is 5.69. The van der Waals surface area contributed by atoms with Crippen LogP contribution < -0.4 is 5.56 Å². The standard InChI is InChI=1S/C21H24N2O/c1-14-10-12-16(13-11-14)19-18(21(3,4)5)20(24)23(22-19)17-9-7-6-8-15(17)2/h6-13,22H,1-5H3. The van der Waals surface area contributed by atoms with Gasteiger partial charge in [-0.25, -0.2) is 4.68 Å². The van der Waals surface area contributed by atoms with Crippen molar-refractivity contribution in [1.29, 1.82) is 0 Å². The van der Waals surface area contributed by atoms with Crippen molar-refractivity contribution in [2.75, 3.05) is 0 Å². The number of benzene rings is 2. The first-order valence-electron chi connectivity index (χ1n) is 8.27. The lowest BCUT2D eigenvalue weighted by molar-refractivity contribution is 0.586. The number of aryl methyl sites for hydroxylation is 2. The van der Waals surface area contributed by atoms with E-state index >= 15 is 0 Å². The van der Waals surface area contributed by atoms with Crippen molar-refractivity contribution in [1.82, 2.24) is 9.78 Å². The van der Waals surface area contributed by atoms with E-state index in [-0.39, 0.29) is 11.0 Å². The average Bonchev–Trinajstić information content (AvgIpc) is 2.86. The lowest BCUT2D eigenvalue weighted by Crippen LogP contribution is -2.25. The maximum atomic E-state index is 13.2. The van der Waals surface area contributed by atoms with Crippen LogP contribution in [0.1, 0.15) is 37.5 Å². The predicted molar refractivity (Wildman–Crippen MR) is 100.0 cm³/mol. The molecule has 3 heteroatoms. The third-order valence-corrected chi connectivity index (χ3v) is 4.34. The normalized spacial score (nSPS) is 11.7. The zero-order valence-corrected chi connectivity index (χ0v) is 15.0. The van der Waals surface area contributed by atoms with Gasteiger partial charge in [-0.3, -0.25) is 9.89 Å². The van der Waals surface area contributed by atoms with E-state index in [4.69, 9.17) is 0 Å². The van der Waals surface area contributed by atoms with Crippen LogP contribution in [0, 0.1) is 13.8 Å². The molecule has 1 aromatic heterocycles. The summed E-state index contributed by atoms with van der Waals surface area (Å²) in [5, 5.41) is 3.35. The summed E-state index contributed by atoms with van der Waals surface area (Å²) in [6, 6.07) is 16.2. The minimum Gasteiger partial charge on any atom is -0.290 e. The van der Waals surface area contributed by atoms with E-state index in [0.29, 0.717) is 0 Å². The van der Waals surface area contributed by atoms with Crippen molar-refractivity contribution < 1.29 is 0 Å². The molecule has 0 atom stereocenters. The molecule has 0 amide bonds. The monoisotopic (exact) mass is 320 g/mol. The average molecular weight is 320 g/mol. The molecule has 0 aliphatic carbocycles. The van der Waals surface area contributed by atoms with Gasteiger partial charge in [-0.1, -0.05) is 68.8 Å². The van der Waals surface area contributed by atoms with Crippen LogP contribution in [0.5, 0.6) is 0 Å². The van der Waals surface area contributed by atoms with Gasteiger partial charge in [0.15, 0.2) is 0 Å².